The topological polar surface area (TPSA) is 38.9 Å². The Morgan fingerprint density at radius 1 is 0.800 bits per heavy atom. The standard InChI is InChI=1S/C14H10NO.C12H10N.Ir/c1-10-9-12-13(16-10)7-8-15-14(12)11-5-3-2-4-6-11;1-10-6-5-9-12(13-10)11-7-3-2-4-8-11;/h2-5,7-9H,1H3;2-7,9H,1H3;/q2*-1;. The van der Waals surface area contributed by atoms with Crippen LogP contribution in [-0.4, -0.2) is 9.97 Å². The molecule has 4 heteroatoms. The average Bonchev–Trinajstić information content (AvgIpc) is 3.16. The summed E-state index contributed by atoms with van der Waals surface area (Å²) in [6, 6.07) is 31.9. The zero-order valence-corrected chi connectivity index (χ0v) is 19.1. The van der Waals surface area contributed by atoms with Gasteiger partial charge in [0.15, 0.2) is 0 Å². The number of aryl methyl sites for hydroxylation is 2. The molecule has 0 bridgehead atoms. The van der Waals surface area contributed by atoms with E-state index in [4.69, 9.17) is 4.42 Å². The molecule has 3 nitrogen and oxygen atoms in total. The average molecular weight is 569 g/mol. The molecule has 2 aromatic carbocycles. The van der Waals surface area contributed by atoms with Crippen molar-refractivity contribution in [2.45, 2.75) is 13.8 Å². The molecule has 0 atom stereocenters. The monoisotopic (exact) mass is 569 g/mol. The first-order valence-corrected chi connectivity index (χ1v) is 9.44. The number of pyridine rings is 2. The van der Waals surface area contributed by atoms with Crippen molar-refractivity contribution >= 4 is 11.0 Å². The van der Waals surface area contributed by atoms with Crippen LogP contribution >= 0.6 is 0 Å². The van der Waals surface area contributed by atoms with Crippen LogP contribution in [0.25, 0.3) is 33.5 Å². The Morgan fingerprint density at radius 3 is 2.20 bits per heavy atom. The van der Waals surface area contributed by atoms with E-state index in [0.29, 0.717) is 0 Å². The predicted molar refractivity (Wildman–Crippen MR) is 116 cm³/mol. The molecule has 0 aliphatic heterocycles. The zero-order valence-electron chi connectivity index (χ0n) is 16.7. The van der Waals surface area contributed by atoms with Crippen molar-refractivity contribution in [1.82, 2.24) is 9.97 Å². The Morgan fingerprint density at radius 2 is 1.53 bits per heavy atom. The second kappa shape index (κ2) is 10.1. The predicted octanol–water partition coefficient (Wildman–Crippen LogP) is 6.46. The molecular weight excluding hydrogens is 549 g/mol. The maximum Gasteiger partial charge on any atom is 0.128 e. The second-order valence-corrected chi connectivity index (χ2v) is 6.65. The molecule has 0 spiro atoms. The first-order valence-electron chi connectivity index (χ1n) is 9.44. The molecule has 0 N–H and O–H groups in total. The molecule has 1 radical (unpaired) electrons. The van der Waals surface area contributed by atoms with E-state index in [2.05, 4.69) is 22.1 Å². The van der Waals surface area contributed by atoms with Crippen molar-refractivity contribution in [3.8, 4) is 22.5 Å². The number of aromatic nitrogens is 2. The Balaban J connectivity index is 0.000000169. The van der Waals surface area contributed by atoms with E-state index >= 15 is 0 Å². The van der Waals surface area contributed by atoms with E-state index in [-0.39, 0.29) is 20.1 Å². The maximum atomic E-state index is 5.58. The molecule has 0 saturated heterocycles. The fourth-order valence-electron chi connectivity index (χ4n) is 3.09. The third-order valence-corrected chi connectivity index (χ3v) is 4.41. The molecule has 151 valence electrons. The number of benzene rings is 2. The van der Waals surface area contributed by atoms with Crippen molar-refractivity contribution in [2.24, 2.45) is 0 Å². The van der Waals surface area contributed by atoms with E-state index in [1.807, 2.05) is 92.7 Å². The van der Waals surface area contributed by atoms with Gasteiger partial charge in [-0.05, 0) is 43.4 Å². The van der Waals surface area contributed by atoms with Gasteiger partial charge in [-0.3, -0.25) is 0 Å². The molecule has 0 amide bonds. The molecule has 30 heavy (non-hydrogen) atoms. The summed E-state index contributed by atoms with van der Waals surface area (Å²) in [5.41, 5.74) is 5.87. The quantitative estimate of drug-likeness (QED) is 0.230. The van der Waals surface area contributed by atoms with E-state index in [1.54, 1.807) is 6.20 Å². The van der Waals surface area contributed by atoms with Gasteiger partial charge >= 0.3 is 0 Å². The van der Waals surface area contributed by atoms with Gasteiger partial charge in [-0.25, -0.2) is 0 Å². The summed E-state index contributed by atoms with van der Waals surface area (Å²) < 4.78 is 5.58. The maximum absolute atomic E-state index is 5.58. The first-order chi connectivity index (χ1) is 14.2. The molecule has 0 unspecified atom stereocenters. The van der Waals surface area contributed by atoms with Crippen molar-refractivity contribution in [3.05, 3.63) is 109 Å². The smallest absolute Gasteiger partial charge is 0.128 e. The number of hydrogen-bond acceptors (Lipinski definition) is 3. The van der Waals surface area contributed by atoms with Crippen LogP contribution in [0.2, 0.25) is 0 Å². The van der Waals surface area contributed by atoms with Gasteiger partial charge in [-0.1, -0.05) is 12.1 Å². The summed E-state index contributed by atoms with van der Waals surface area (Å²) in [6.07, 6.45) is 1.77. The third kappa shape index (κ3) is 5.10. The fraction of sp³-hybridized carbons (Fsp3) is 0.0769. The normalized spacial score (nSPS) is 10.1. The van der Waals surface area contributed by atoms with Crippen molar-refractivity contribution in [1.29, 1.82) is 0 Å². The van der Waals surface area contributed by atoms with E-state index in [9.17, 15) is 0 Å². The molecule has 0 aliphatic rings. The number of hydrogen-bond donors (Lipinski definition) is 0. The van der Waals surface area contributed by atoms with Crippen molar-refractivity contribution < 1.29 is 24.5 Å². The van der Waals surface area contributed by atoms with E-state index < -0.39 is 0 Å². The number of furan rings is 1. The van der Waals surface area contributed by atoms with E-state index in [1.165, 1.54) is 0 Å². The number of fused-ring (bicyclic) bond motifs is 1. The van der Waals surface area contributed by atoms with Gasteiger partial charge in [-0.15, -0.1) is 71.8 Å². The summed E-state index contributed by atoms with van der Waals surface area (Å²) in [7, 11) is 0. The number of rotatable bonds is 2. The Hall–Kier alpha value is -3.07. The van der Waals surface area contributed by atoms with Crippen LogP contribution in [0, 0.1) is 26.0 Å². The van der Waals surface area contributed by atoms with Gasteiger partial charge in [0.05, 0.1) is 0 Å². The van der Waals surface area contributed by atoms with Crippen LogP contribution in [0.4, 0.5) is 0 Å². The van der Waals surface area contributed by atoms with Gasteiger partial charge in [-0.2, -0.15) is 0 Å². The molecule has 3 aromatic heterocycles. The SMILES string of the molecule is Cc1cc2c(-c3[c-]cccc3)nccc2o1.Cc1cccc(-c2[c-]cccc2)n1.[Ir]. The molecule has 0 aliphatic carbocycles. The van der Waals surface area contributed by atoms with Gasteiger partial charge in [0.1, 0.15) is 11.3 Å². The van der Waals surface area contributed by atoms with Crippen LogP contribution in [0.3, 0.4) is 0 Å². The van der Waals surface area contributed by atoms with Crippen LogP contribution in [0.1, 0.15) is 11.5 Å². The summed E-state index contributed by atoms with van der Waals surface area (Å²) in [5, 5.41) is 1.04. The molecule has 3 heterocycles. The van der Waals surface area contributed by atoms with Gasteiger partial charge in [0.25, 0.3) is 0 Å². The third-order valence-electron chi connectivity index (χ3n) is 4.41. The van der Waals surface area contributed by atoms with Gasteiger partial charge in [0, 0.05) is 37.4 Å². The zero-order chi connectivity index (χ0) is 20.1. The van der Waals surface area contributed by atoms with Gasteiger partial charge < -0.3 is 14.4 Å². The summed E-state index contributed by atoms with van der Waals surface area (Å²) >= 11 is 0. The van der Waals surface area contributed by atoms with Gasteiger partial charge in [0.2, 0.25) is 0 Å². The Labute approximate surface area is 190 Å². The fourth-order valence-corrected chi connectivity index (χ4v) is 3.09. The minimum Gasteiger partial charge on any atom is -0.462 e. The summed E-state index contributed by atoms with van der Waals surface area (Å²) in [4.78, 5) is 8.81. The Bertz CT molecular complexity index is 1220. The number of nitrogens with zero attached hydrogens (tertiary/aromatic N) is 2. The van der Waals surface area contributed by atoms with Crippen LogP contribution in [0.5, 0.6) is 0 Å². The summed E-state index contributed by atoms with van der Waals surface area (Å²) in [6.45, 7) is 3.94. The molecule has 5 aromatic rings. The van der Waals surface area contributed by atoms with Crippen LogP contribution < -0.4 is 0 Å². The molecule has 0 fully saturated rings. The minimum absolute atomic E-state index is 0. The molecule has 0 saturated carbocycles. The van der Waals surface area contributed by atoms with Crippen LogP contribution in [-0.2, 0) is 20.1 Å². The largest absolute Gasteiger partial charge is 0.462 e. The van der Waals surface area contributed by atoms with E-state index in [0.717, 1.165) is 44.9 Å². The molecule has 5 rings (SSSR count). The van der Waals surface area contributed by atoms with Crippen molar-refractivity contribution in [3.63, 3.8) is 0 Å². The second-order valence-electron chi connectivity index (χ2n) is 6.65. The Kier molecular flexibility index (Phi) is 7.29. The van der Waals surface area contributed by atoms with Crippen LogP contribution in [0.15, 0.2) is 89.5 Å². The minimum atomic E-state index is 0. The molecular formula is C26H20IrN2O-2. The first kappa shape index (κ1) is 21.6. The van der Waals surface area contributed by atoms with Crippen molar-refractivity contribution in [2.75, 3.05) is 0 Å². The summed E-state index contributed by atoms with van der Waals surface area (Å²) in [5.74, 6) is 0.903.